The van der Waals surface area contributed by atoms with Crippen molar-refractivity contribution in [3.63, 3.8) is 0 Å². The van der Waals surface area contributed by atoms with Crippen LogP contribution in [0.2, 0.25) is 0 Å². The Morgan fingerprint density at radius 1 is 1.36 bits per heavy atom. The molecule has 0 unspecified atom stereocenters. The summed E-state index contributed by atoms with van der Waals surface area (Å²) in [6.45, 7) is 8.64. The minimum absolute atomic E-state index is 0.337. The summed E-state index contributed by atoms with van der Waals surface area (Å²) in [5.74, 6) is 0.679. The third-order valence-electron chi connectivity index (χ3n) is 2.00. The van der Waals surface area contributed by atoms with Crippen molar-refractivity contribution in [2.45, 2.75) is 46.6 Å². The van der Waals surface area contributed by atoms with E-state index < -0.39 is 0 Å². The first-order chi connectivity index (χ1) is 5.07. The van der Waals surface area contributed by atoms with Crippen LogP contribution >= 0.6 is 0 Å². The number of rotatable bonds is 4. The summed E-state index contributed by atoms with van der Waals surface area (Å²) in [4.78, 5) is 0. The van der Waals surface area contributed by atoms with Gasteiger partial charge in [0.2, 0.25) is 0 Å². The summed E-state index contributed by atoms with van der Waals surface area (Å²) in [6.07, 6.45) is 4.48. The number of hydrogen-bond acceptors (Lipinski definition) is 1. The average molecular weight is 155 g/mol. The predicted octanol–water partition coefficient (Wildman–Crippen LogP) is 2.72. The molecule has 0 aromatic heterocycles. The molecule has 2 N–H and O–H groups in total. The predicted molar refractivity (Wildman–Crippen MR) is 51.5 cm³/mol. The maximum atomic E-state index is 5.67. The largest absolute Gasteiger partial charge is 0.328 e. The monoisotopic (exact) mass is 155 g/mol. The lowest BCUT2D eigenvalue weighted by molar-refractivity contribution is 0.617. The van der Waals surface area contributed by atoms with Crippen molar-refractivity contribution in [3.8, 4) is 0 Å². The van der Waals surface area contributed by atoms with E-state index in [0.717, 1.165) is 12.8 Å². The Hall–Kier alpha value is -0.300. The lowest BCUT2D eigenvalue weighted by atomic mass is 9.97. The molecule has 0 spiro atoms. The lowest BCUT2D eigenvalue weighted by Gasteiger charge is -2.11. The van der Waals surface area contributed by atoms with Gasteiger partial charge in [-0.15, -0.1) is 0 Å². The van der Waals surface area contributed by atoms with Crippen LogP contribution in [0.1, 0.15) is 40.5 Å². The van der Waals surface area contributed by atoms with Gasteiger partial charge >= 0.3 is 0 Å². The zero-order valence-corrected chi connectivity index (χ0v) is 8.22. The zero-order valence-electron chi connectivity index (χ0n) is 8.22. The van der Waals surface area contributed by atoms with Crippen LogP contribution in [-0.4, -0.2) is 6.04 Å². The quantitative estimate of drug-likeness (QED) is 0.621. The Balaban J connectivity index is 3.72. The Bertz CT molecular complexity index is 123. The van der Waals surface area contributed by atoms with E-state index in [-0.39, 0.29) is 0 Å². The third-order valence-corrected chi connectivity index (χ3v) is 2.00. The molecule has 0 radical (unpaired) electrons. The van der Waals surface area contributed by atoms with Crippen LogP contribution in [0.25, 0.3) is 0 Å². The Kier molecular flexibility index (Phi) is 5.22. The van der Waals surface area contributed by atoms with Gasteiger partial charge in [0, 0.05) is 6.04 Å². The van der Waals surface area contributed by atoms with Crippen LogP contribution in [0.3, 0.4) is 0 Å². The van der Waals surface area contributed by atoms with E-state index >= 15 is 0 Å². The molecule has 1 nitrogen and oxygen atoms in total. The van der Waals surface area contributed by atoms with Gasteiger partial charge in [0.05, 0.1) is 0 Å². The van der Waals surface area contributed by atoms with Crippen LogP contribution in [-0.2, 0) is 0 Å². The molecule has 0 aliphatic rings. The molecule has 0 bridgehead atoms. The standard InChI is InChI=1S/C10H21N/c1-5-10(8(2)3)7-6-9(4)11/h5,8-9H,6-7,11H2,1-4H3/t9-/m1/s1. The fourth-order valence-electron chi connectivity index (χ4n) is 1.16. The molecule has 0 heterocycles. The van der Waals surface area contributed by atoms with E-state index in [4.69, 9.17) is 5.73 Å². The normalized spacial score (nSPS) is 15.6. The second-order valence-electron chi connectivity index (χ2n) is 3.53. The van der Waals surface area contributed by atoms with Gasteiger partial charge in [-0.05, 0) is 32.6 Å². The molecular formula is C10H21N. The molecule has 0 saturated carbocycles. The summed E-state index contributed by atoms with van der Waals surface area (Å²) in [5.41, 5.74) is 7.20. The summed E-state index contributed by atoms with van der Waals surface area (Å²) < 4.78 is 0. The highest BCUT2D eigenvalue weighted by Crippen LogP contribution is 2.15. The molecule has 0 fully saturated rings. The van der Waals surface area contributed by atoms with Crippen molar-refractivity contribution < 1.29 is 0 Å². The first-order valence-corrected chi connectivity index (χ1v) is 4.48. The summed E-state index contributed by atoms with van der Waals surface area (Å²) in [7, 11) is 0. The van der Waals surface area contributed by atoms with Crippen molar-refractivity contribution in [2.24, 2.45) is 11.7 Å². The van der Waals surface area contributed by atoms with Crippen molar-refractivity contribution in [3.05, 3.63) is 11.6 Å². The second-order valence-corrected chi connectivity index (χ2v) is 3.53. The molecule has 0 aliphatic heterocycles. The number of nitrogens with two attached hydrogens (primary N) is 1. The van der Waals surface area contributed by atoms with Crippen LogP contribution in [0.15, 0.2) is 11.6 Å². The molecule has 1 atom stereocenters. The molecular weight excluding hydrogens is 134 g/mol. The highest BCUT2D eigenvalue weighted by Gasteiger charge is 2.02. The van der Waals surface area contributed by atoms with Crippen molar-refractivity contribution in [2.75, 3.05) is 0 Å². The SMILES string of the molecule is CC=C(CC[C@@H](C)N)C(C)C. The van der Waals surface area contributed by atoms with Crippen molar-refractivity contribution >= 4 is 0 Å². The van der Waals surface area contributed by atoms with Gasteiger partial charge in [-0.2, -0.15) is 0 Å². The summed E-state index contributed by atoms with van der Waals surface area (Å²) >= 11 is 0. The second kappa shape index (κ2) is 5.36. The van der Waals surface area contributed by atoms with E-state index in [2.05, 4.69) is 33.8 Å². The Morgan fingerprint density at radius 2 is 1.91 bits per heavy atom. The number of hydrogen-bond donors (Lipinski definition) is 1. The average Bonchev–Trinajstić information content (AvgIpc) is 1.87. The van der Waals surface area contributed by atoms with E-state index in [0.29, 0.717) is 12.0 Å². The Morgan fingerprint density at radius 3 is 2.18 bits per heavy atom. The highest BCUT2D eigenvalue weighted by atomic mass is 14.6. The van der Waals surface area contributed by atoms with Gasteiger partial charge in [-0.3, -0.25) is 0 Å². The summed E-state index contributed by atoms with van der Waals surface area (Å²) in [6, 6.07) is 0.337. The Labute approximate surface area is 70.7 Å². The molecule has 0 aromatic carbocycles. The van der Waals surface area contributed by atoms with Crippen molar-refractivity contribution in [1.29, 1.82) is 0 Å². The van der Waals surface area contributed by atoms with Crippen molar-refractivity contribution in [1.82, 2.24) is 0 Å². The van der Waals surface area contributed by atoms with Crippen LogP contribution in [0, 0.1) is 5.92 Å². The highest BCUT2D eigenvalue weighted by molar-refractivity contribution is 5.03. The maximum Gasteiger partial charge on any atom is 0.00135 e. The topological polar surface area (TPSA) is 26.0 Å². The fourth-order valence-corrected chi connectivity index (χ4v) is 1.16. The van der Waals surface area contributed by atoms with E-state index in [9.17, 15) is 0 Å². The summed E-state index contributed by atoms with van der Waals surface area (Å²) in [5, 5.41) is 0. The zero-order chi connectivity index (χ0) is 8.85. The van der Waals surface area contributed by atoms with Crippen LogP contribution in [0.5, 0.6) is 0 Å². The smallest absolute Gasteiger partial charge is 0.00135 e. The molecule has 0 saturated heterocycles. The number of allylic oxidation sites excluding steroid dienone is 2. The molecule has 0 aromatic rings. The van der Waals surface area contributed by atoms with Gasteiger partial charge in [0.15, 0.2) is 0 Å². The molecule has 1 heteroatoms. The van der Waals surface area contributed by atoms with Gasteiger partial charge in [-0.1, -0.05) is 25.5 Å². The van der Waals surface area contributed by atoms with Crippen LogP contribution < -0.4 is 5.73 Å². The first-order valence-electron chi connectivity index (χ1n) is 4.48. The van der Waals surface area contributed by atoms with E-state index in [1.165, 1.54) is 5.57 Å². The van der Waals surface area contributed by atoms with E-state index in [1.807, 2.05) is 0 Å². The van der Waals surface area contributed by atoms with Gasteiger partial charge in [0.1, 0.15) is 0 Å². The lowest BCUT2D eigenvalue weighted by Crippen LogP contribution is -2.15. The minimum Gasteiger partial charge on any atom is -0.328 e. The van der Waals surface area contributed by atoms with Crippen LogP contribution in [0.4, 0.5) is 0 Å². The van der Waals surface area contributed by atoms with Gasteiger partial charge < -0.3 is 5.73 Å². The molecule has 0 rings (SSSR count). The van der Waals surface area contributed by atoms with Gasteiger partial charge in [0.25, 0.3) is 0 Å². The molecule has 0 amide bonds. The molecule has 0 aliphatic carbocycles. The minimum atomic E-state index is 0.337. The molecule has 11 heavy (non-hydrogen) atoms. The van der Waals surface area contributed by atoms with E-state index in [1.54, 1.807) is 0 Å². The fraction of sp³-hybridized carbons (Fsp3) is 0.800. The first kappa shape index (κ1) is 10.7. The molecule has 66 valence electrons. The maximum absolute atomic E-state index is 5.67. The van der Waals surface area contributed by atoms with Gasteiger partial charge in [-0.25, -0.2) is 0 Å². The third kappa shape index (κ3) is 5.02.